The van der Waals surface area contributed by atoms with Crippen molar-refractivity contribution >= 4 is 12.1 Å². The number of carboxylic acids is 1. The maximum Gasteiger partial charge on any atom is 0.410 e. The molecular weight excluding hydrogens is 406 g/mol. The Bertz CT molecular complexity index is 963. The summed E-state index contributed by atoms with van der Waals surface area (Å²) in [5, 5.41) is 9.36. The van der Waals surface area contributed by atoms with E-state index < -0.39 is 18.2 Å². The molecule has 0 aliphatic rings. The number of hydrogen-bond donors (Lipinski definition) is 1. The maximum absolute atomic E-state index is 12.9. The molecule has 32 heavy (non-hydrogen) atoms. The Morgan fingerprint density at radius 2 is 1.25 bits per heavy atom. The molecule has 0 aliphatic heterocycles. The van der Waals surface area contributed by atoms with Gasteiger partial charge in [0, 0.05) is 6.54 Å². The summed E-state index contributed by atoms with van der Waals surface area (Å²) in [5.74, 6) is -0.986. The van der Waals surface area contributed by atoms with Gasteiger partial charge < -0.3 is 19.5 Å². The number of benzene rings is 3. The summed E-state index contributed by atoms with van der Waals surface area (Å²) in [7, 11) is 0. The van der Waals surface area contributed by atoms with E-state index in [9.17, 15) is 14.7 Å². The number of carboxylic acid groups (broad SMARTS) is 1. The normalized spacial score (nSPS) is 11.5. The number of rotatable bonds is 11. The van der Waals surface area contributed by atoms with E-state index in [1.807, 2.05) is 91.0 Å². The van der Waals surface area contributed by atoms with Crippen molar-refractivity contribution in [2.24, 2.45) is 0 Å². The van der Waals surface area contributed by atoms with Crippen LogP contribution < -0.4 is 0 Å². The molecule has 0 bridgehead atoms. The summed E-state index contributed by atoms with van der Waals surface area (Å²) >= 11 is 0. The van der Waals surface area contributed by atoms with Gasteiger partial charge in [-0.15, -0.1) is 0 Å². The van der Waals surface area contributed by atoms with Crippen LogP contribution in [-0.2, 0) is 34.0 Å². The number of nitrogens with zero attached hydrogens (tertiary/aromatic N) is 1. The highest BCUT2D eigenvalue weighted by molar-refractivity contribution is 5.69. The topological polar surface area (TPSA) is 76.1 Å². The van der Waals surface area contributed by atoms with E-state index in [1.165, 1.54) is 4.90 Å². The molecule has 0 saturated heterocycles. The first-order valence-electron chi connectivity index (χ1n) is 10.5. The first-order valence-corrected chi connectivity index (χ1v) is 10.5. The van der Waals surface area contributed by atoms with Crippen molar-refractivity contribution in [3.8, 4) is 0 Å². The smallest absolute Gasteiger partial charge is 0.410 e. The molecular formula is C26H27NO5. The maximum atomic E-state index is 12.9. The Hall–Kier alpha value is -3.64. The molecule has 0 fully saturated rings. The number of carbonyl (C=O) groups excluding carboxylic acids is 1. The van der Waals surface area contributed by atoms with Crippen LogP contribution in [0.2, 0.25) is 0 Å². The van der Waals surface area contributed by atoms with Crippen molar-refractivity contribution in [1.82, 2.24) is 4.90 Å². The minimum Gasteiger partial charge on any atom is -0.481 e. The third-order valence-electron chi connectivity index (χ3n) is 4.83. The van der Waals surface area contributed by atoms with Crippen molar-refractivity contribution in [2.75, 3.05) is 6.54 Å². The van der Waals surface area contributed by atoms with E-state index in [0.717, 1.165) is 16.7 Å². The minimum atomic E-state index is -0.986. The van der Waals surface area contributed by atoms with Crippen LogP contribution in [0, 0.1) is 0 Å². The zero-order valence-electron chi connectivity index (χ0n) is 17.8. The molecule has 6 heteroatoms. The highest BCUT2D eigenvalue weighted by Gasteiger charge is 2.23. The number of ether oxygens (including phenoxy) is 2. The molecule has 3 rings (SSSR count). The van der Waals surface area contributed by atoms with Gasteiger partial charge >= 0.3 is 12.1 Å². The Balaban J connectivity index is 1.69. The molecule has 0 aromatic heterocycles. The van der Waals surface area contributed by atoms with Crippen LogP contribution in [0.25, 0.3) is 0 Å². The number of carbonyl (C=O) groups is 2. The third kappa shape index (κ3) is 7.89. The molecule has 3 aromatic carbocycles. The van der Waals surface area contributed by atoms with Gasteiger partial charge in [0.15, 0.2) is 0 Å². The predicted molar refractivity (Wildman–Crippen MR) is 121 cm³/mol. The molecule has 0 heterocycles. The summed E-state index contributed by atoms with van der Waals surface area (Å²) in [6.07, 6.45) is -1.42. The molecule has 0 saturated carbocycles. The second-order valence-corrected chi connectivity index (χ2v) is 7.42. The highest BCUT2D eigenvalue weighted by atomic mass is 16.6. The summed E-state index contributed by atoms with van der Waals surface area (Å²) in [4.78, 5) is 25.8. The molecule has 3 aromatic rings. The van der Waals surface area contributed by atoms with Crippen LogP contribution in [0.5, 0.6) is 0 Å². The van der Waals surface area contributed by atoms with Crippen molar-refractivity contribution in [3.63, 3.8) is 0 Å². The lowest BCUT2D eigenvalue weighted by Crippen LogP contribution is -2.39. The SMILES string of the molecule is O=C(O)C[C@@H](CN(Cc1ccccc1)C(=O)OCc1ccccc1)OCc1ccccc1. The standard InChI is InChI=1S/C26H27NO5/c28-25(29)16-24(31-19-22-12-6-2-7-13-22)18-27(17-21-10-4-1-5-11-21)26(30)32-20-23-14-8-3-9-15-23/h1-15,24H,16-20H2,(H,28,29)/t24-/m0/s1. The van der Waals surface area contributed by atoms with Gasteiger partial charge in [-0.05, 0) is 16.7 Å². The summed E-state index contributed by atoms with van der Waals surface area (Å²) in [6.45, 7) is 0.789. The lowest BCUT2D eigenvalue weighted by Gasteiger charge is -2.27. The average molecular weight is 434 g/mol. The van der Waals surface area contributed by atoms with E-state index in [4.69, 9.17) is 9.47 Å². The molecule has 0 unspecified atom stereocenters. The van der Waals surface area contributed by atoms with Crippen LogP contribution in [-0.4, -0.2) is 34.7 Å². The van der Waals surface area contributed by atoms with Gasteiger partial charge in [-0.1, -0.05) is 91.0 Å². The van der Waals surface area contributed by atoms with Gasteiger partial charge in [-0.25, -0.2) is 4.79 Å². The summed E-state index contributed by atoms with van der Waals surface area (Å²) in [6, 6.07) is 28.4. The second kappa shape index (κ2) is 12.3. The monoisotopic (exact) mass is 433 g/mol. The van der Waals surface area contributed by atoms with Gasteiger partial charge in [0.2, 0.25) is 0 Å². The number of hydrogen-bond acceptors (Lipinski definition) is 4. The predicted octanol–water partition coefficient (Wildman–Crippen LogP) is 4.89. The number of aliphatic carboxylic acids is 1. The third-order valence-corrected chi connectivity index (χ3v) is 4.83. The van der Waals surface area contributed by atoms with E-state index in [1.54, 1.807) is 0 Å². The fraction of sp³-hybridized carbons (Fsp3) is 0.231. The summed E-state index contributed by atoms with van der Waals surface area (Å²) < 4.78 is 11.4. The quantitative estimate of drug-likeness (QED) is 0.466. The van der Waals surface area contributed by atoms with E-state index in [2.05, 4.69) is 0 Å². The highest BCUT2D eigenvalue weighted by Crippen LogP contribution is 2.13. The van der Waals surface area contributed by atoms with Crippen LogP contribution >= 0.6 is 0 Å². The molecule has 166 valence electrons. The van der Waals surface area contributed by atoms with Crippen LogP contribution in [0.4, 0.5) is 4.79 Å². The van der Waals surface area contributed by atoms with E-state index >= 15 is 0 Å². The van der Waals surface area contributed by atoms with Crippen LogP contribution in [0.1, 0.15) is 23.1 Å². The zero-order chi connectivity index (χ0) is 22.6. The van der Waals surface area contributed by atoms with Gasteiger partial charge in [0.1, 0.15) is 6.61 Å². The van der Waals surface area contributed by atoms with Gasteiger partial charge in [0.25, 0.3) is 0 Å². The molecule has 0 radical (unpaired) electrons. The lowest BCUT2D eigenvalue weighted by molar-refractivity contribution is -0.140. The molecule has 0 spiro atoms. The fourth-order valence-electron chi connectivity index (χ4n) is 3.22. The molecule has 1 amide bonds. The second-order valence-electron chi connectivity index (χ2n) is 7.42. The Morgan fingerprint density at radius 1 is 0.750 bits per heavy atom. The first kappa shape index (κ1) is 23.0. The fourth-order valence-corrected chi connectivity index (χ4v) is 3.22. The van der Waals surface area contributed by atoms with Crippen LogP contribution in [0.15, 0.2) is 91.0 Å². The first-order chi connectivity index (χ1) is 15.6. The van der Waals surface area contributed by atoms with Gasteiger partial charge in [-0.3, -0.25) is 4.79 Å². The lowest BCUT2D eigenvalue weighted by atomic mass is 10.2. The minimum absolute atomic E-state index is 0.0989. The van der Waals surface area contributed by atoms with Crippen molar-refractivity contribution in [2.45, 2.75) is 32.3 Å². The molecule has 1 N–H and O–H groups in total. The molecule has 6 nitrogen and oxygen atoms in total. The van der Waals surface area contributed by atoms with Gasteiger partial charge in [0.05, 0.1) is 25.7 Å². The van der Waals surface area contributed by atoms with E-state index in [0.29, 0.717) is 6.54 Å². The molecule has 0 aliphatic carbocycles. The van der Waals surface area contributed by atoms with E-state index in [-0.39, 0.29) is 26.2 Å². The number of amides is 1. The van der Waals surface area contributed by atoms with Crippen molar-refractivity contribution in [1.29, 1.82) is 0 Å². The van der Waals surface area contributed by atoms with Gasteiger partial charge in [-0.2, -0.15) is 0 Å². The van der Waals surface area contributed by atoms with Crippen molar-refractivity contribution in [3.05, 3.63) is 108 Å². The van der Waals surface area contributed by atoms with Crippen molar-refractivity contribution < 1.29 is 24.2 Å². The Kier molecular flexibility index (Phi) is 8.83. The Labute approximate surface area is 188 Å². The largest absolute Gasteiger partial charge is 0.481 e. The summed E-state index contributed by atoms with van der Waals surface area (Å²) in [5.41, 5.74) is 2.73. The zero-order valence-corrected chi connectivity index (χ0v) is 17.8. The molecule has 1 atom stereocenters. The van der Waals surface area contributed by atoms with Crippen LogP contribution in [0.3, 0.4) is 0 Å². The average Bonchev–Trinajstić information content (AvgIpc) is 2.82. The Morgan fingerprint density at radius 3 is 1.78 bits per heavy atom.